The molecule has 0 radical (unpaired) electrons. The van der Waals surface area contributed by atoms with Gasteiger partial charge in [0.15, 0.2) is 5.11 Å². The van der Waals surface area contributed by atoms with Gasteiger partial charge in [-0.15, -0.1) is 0 Å². The second-order valence-electron chi connectivity index (χ2n) is 8.72. The molecule has 0 spiro atoms. The third-order valence-corrected chi connectivity index (χ3v) is 7.30. The standard InChI is InChI=1S/C28H25Cl2N5O2S/c1-37-24-10-3-2-7-20(24)32-25(36)13-16-35-27(26(33-28(35)38)21-8-4-5-14-31-21)23-9-6-15-34(23)22-12-11-18(29)17-19(22)30/h2-12,14-15,17,26-27H,13,16H2,1H3,(H,32,36)(H,33,38)/t26-,27-/m1/s1. The average molecular weight is 567 g/mol. The number of nitrogens with zero attached hydrogens (tertiary/aromatic N) is 3. The Morgan fingerprint density at radius 2 is 1.92 bits per heavy atom. The first-order valence-electron chi connectivity index (χ1n) is 12.0. The lowest BCUT2D eigenvalue weighted by molar-refractivity contribution is -0.116. The number of rotatable bonds is 8. The number of thiocarbonyl (C=S) groups is 1. The van der Waals surface area contributed by atoms with Gasteiger partial charge in [0.25, 0.3) is 0 Å². The molecule has 1 fully saturated rings. The van der Waals surface area contributed by atoms with Crippen LogP contribution < -0.4 is 15.4 Å². The van der Waals surface area contributed by atoms with E-state index in [-0.39, 0.29) is 24.4 Å². The molecule has 2 aromatic carbocycles. The van der Waals surface area contributed by atoms with E-state index in [1.807, 2.05) is 64.2 Å². The first kappa shape index (κ1) is 26.0. The van der Waals surface area contributed by atoms with Crippen molar-refractivity contribution in [3.8, 4) is 11.4 Å². The zero-order valence-corrected chi connectivity index (χ0v) is 22.8. The van der Waals surface area contributed by atoms with E-state index in [0.29, 0.717) is 33.1 Å². The van der Waals surface area contributed by atoms with E-state index in [0.717, 1.165) is 17.1 Å². The Hall–Kier alpha value is -3.59. The number of hydrogen-bond acceptors (Lipinski definition) is 4. The van der Waals surface area contributed by atoms with E-state index in [9.17, 15) is 4.79 Å². The average Bonchev–Trinajstić information content (AvgIpc) is 3.52. The molecular formula is C28H25Cl2N5O2S. The minimum Gasteiger partial charge on any atom is -0.495 e. The molecule has 0 unspecified atom stereocenters. The van der Waals surface area contributed by atoms with Crippen molar-refractivity contribution in [1.82, 2.24) is 19.8 Å². The Morgan fingerprint density at radius 1 is 1.11 bits per heavy atom. The zero-order valence-electron chi connectivity index (χ0n) is 20.5. The van der Waals surface area contributed by atoms with Crippen LogP contribution in [0.1, 0.15) is 29.9 Å². The molecule has 1 saturated heterocycles. The van der Waals surface area contributed by atoms with E-state index < -0.39 is 0 Å². The summed E-state index contributed by atoms with van der Waals surface area (Å²) in [6.07, 6.45) is 3.93. The van der Waals surface area contributed by atoms with Crippen LogP contribution >= 0.6 is 35.4 Å². The van der Waals surface area contributed by atoms with Crippen molar-refractivity contribution < 1.29 is 9.53 Å². The van der Waals surface area contributed by atoms with E-state index in [1.54, 1.807) is 37.6 Å². The number of anilines is 1. The predicted molar refractivity (Wildman–Crippen MR) is 154 cm³/mol. The van der Waals surface area contributed by atoms with Crippen LogP contribution in [-0.4, -0.2) is 39.1 Å². The normalized spacial score (nSPS) is 16.8. The lowest BCUT2D eigenvalue weighted by Gasteiger charge is -2.29. The van der Waals surface area contributed by atoms with Gasteiger partial charge in [0.05, 0.1) is 41.3 Å². The Labute approximate surface area is 236 Å². The summed E-state index contributed by atoms with van der Waals surface area (Å²) in [5.74, 6) is 0.457. The highest BCUT2D eigenvalue weighted by Gasteiger charge is 2.41. The van der Waals surface area contributed by atoms with Gasteiger partial charge in [-0.2, -0.15) is 0 Å². The lowest BCUT2D eigenvalue weighted by Crippen LogP contribution is -2.33. The minimum atomic E-state index is -0.252. The molecule has 2 aromatic heterocycles. The zero-order chi connectivity index (χ0) is 26.6. The Balaban J connectivity index is 1.45. The summed E-state index contributed by atoms with van der Waals surface area (Å²) < 4.78 is 7.38. The Morgan fingerprint density at radius 3 is 2.68 bits per heavy atom. The van der Waals surface area contributed by atoms with Gasteiger partial charge >= 0.3 is 0 Å². The molecule has 0 saturated carbocycles. The number of halogens is 2. The second kappa shape index (κ2) is 11.4. The van der Waals surface area contributed by atoms with Gasteiger partial charge in [0, 0.05) is 36.1 Å². The molecule has 0 bridgehead atoms. The molecule has 1 aliphatic heterocycles. The number of carbonyl (C=O) groups excluding carboxylic acids is 1. The maximum absolute atomic E-state index is 12.9. The monoisotopic (exact) mass is 565 g/mol. The number of amides is 1. The third kappa shape index (κ3) is 5.34. The number of methoxy groups -OCH3 is 1. The summed E-state index contributed by atoms with van der Waals surface area (Å²) in [4.78, 5) is 19.6. The van der Waals surface area contributed by atoms with Crippen LogP contribution in [0.5, 0.6) is 5.75 Å². The SMILES string of the molecule is COc1ccccc1NC(=O)CCN1C(=S)N[C@H](c2ccccn2)[C@H]1c1cccn1-c1ccc(Cl)cc1Cl. The Bertz CT molecular complexity index is 1460. The number of para-hydroxylation sites is 2. The largest absolute Gasteiger partial charge is 0.495 e. The quantitative estimate of drug-likeness (QED) is 0.248. The van der Waals surface area contributed by atoms with Crippen LogP contribution in [0.2, 0.25) is 10.0 Å². The summed E-state index contributed by atoms with van der Waals surface area (Å²) >= 11 is 18.5. The highest BCUT2D eigenvalue weighted by atomic mass is 35.5. The number of ether oxygens (including phenoxy) is 1. The van der Waals surface area contributed by atoms with E-state index in [1.165, 1.54) is 0 Å². The van der Waals surface area contributed by atoms with Crippen LogP contribution in [-0.2, 0) is 4.79 Å². The fourth-order valence-electron chi connectivity index (χ4n) is 4.68. The van der Waals surface area contributed by atoms with Gasteiger partial charge in [-0.1, -0.05) is 41.4 Å². The van der Waals surface area contributed by atoms with Gasteiger partial charge in [-0.3, -0.25) is 9.78 Å². The van der Waals surface area contributed by atoms with Crippen molar-refractivity contribution in [3.63, 3.8) is 0 Å². The van der Waals surface area contributed by atoms with Gasteiger partial charge in [-0.25, -0.2) is 0 Å². The molecule has 7 nitrogen and oxygen atoms in total. The highest BCUT2D eigenvalue weighted by molar-refractivity contribution is 7.80. The first-order chi connectivity index (χ1) is 18.5. The van der Waals surface area contributed by atoms with E-state index in [2.05, 4.69) is 15.6 Å². The molecular weight excluding hydrogens is 541 g/mol. The predicted octanol–water partition coefficient (Wildman–Crippen LogP) is 6.19. The molecule has 2 N–H and O–H groups in total. The molecule has 3 heterocycles. The minimum absolute atomic E-state index is 0.145. The fraction of sp³-hybridized carbons (Fsp3) is 0.179. The van der Waals surface area contributed by atoms with Crippen LogP contribution in [0.3, 0.4) is 0 Å². The topological polar surface area (TPSA) is 71.4 Å². The number of hydrogen-bond donors (Lipinski definition) is 2. The number of benzene rings is 2. The van der Waals surface area contributed by atoms with Crippen molar-refractivity contribution in [3.05, 3.63) is 107 Å². The molecule has 0 aliphatic carbocycles. The first-order valence-corrected chi connectivity index (χ1v) is 13.2. The summed E-state index contributed by atoms with van der Waals surface area (Å²) in [5, 5.41) is 8.01. The number of carbonyl (C=O) groups is 1. The van der Waals surface area contributed by atoms with Gasteiger partial charge in [0.1, 0.15) is 5.75 Å². The molecule has 10 heteroatoms. The van der Waals surface area contributed by atoms with Crippen molar-refractivity contribution in [1.29, 1.82) is 0 Å². The summed E-state index contributed by atoms with van der Waals surface area (Å²) in [6.45, 7) is 0.389. The van der Waals surface area contributed by atoms with Crippen LogP contribution in [0.4, 0.5) is 5.69 Å². The fourth-order valence-corrected chi connectivity index (χ4v) is 5.51. The summed E-state index contributed by atoms with van der Waals surface area (Å²) in [7, 11) is 1.57. The maximum Gasteiger partial charge on any atom is 0.226 e. The van der Waals surface area contributed by atoms with Gasteiger partial charge in [0.2, 0.25) is 5.91 Å². The second-order valence-corrected chi connectivity index (χ2v) is 9.95. The van der Waals surface area contributed by atoms with Crippen molar-refractivity contribution in [2.75, 3.05) is 19.0 Å². The molecule has 2 atom stereocenters. The van der Waals surface area contributed by atoms with E-state index >= 15 is 0 Å². The molecule has 1 aliphatic rings. The maximum atomic E-state index is 12.9. The van der Waals surface area contributed by atoms with Crippen LogP contribution in [0.15, 0.2) is 85.2 Å². The Kier molecular flexibility index (Phi) is 7.83. The number of nitrogens with one attached hydrogen (secondary N) is 2. The number of pyridine rings is 1. The van der Waals surface area contributed by atoms with Crippen LogP contribution in [0, 0.1) is 0 Å². The van der Waals surface area contributed by atoms with Crippen LogP contribution in [0.25, 0.3) is 5.69 Å². The summed E-state index contributed by atoms with van der Waals surface area (Å²) in [6, 6.07) is 22.0. The van der Waals surface area contributed by atoms with Gasteiger partial charge in [-0.05, 0) is 66.8 Å². The molecule has 38 heavy (non-hydrogen) atoms. The molecule has 4 aromatic rings. The van der Waals surface area contributed by atoms with Gasteiger partial charge < -0.3 is 24.8 Å². The van der Waals surface area contributed by atoms with Crippen molar-refractivity contribution in [2.45, 2.75) is 18.5 Å². The van der Waals surface area contributed by atoms with E-state index in [4.69, 9.17) is 40.2 Å². The number of aromatic nitrogens is 2. The molecule has 1 amide bonds. The van der Waals surface area contributed by atoms with Crippen molar-refractivity contribution >= 4 is 52.1 Å². The third-order valence-electron chi connectivity index (χ3n) is 6.41. The van der Waals surface area contributed by atoms with Crippen molar-refractivity contribution in [2.24, 2.45) is 0 Å². The molecule has 5 rings (SSSR count). The smallest absolute Gasteiger partial charge is 0.226 e. The summed E-state index contributed by atoms with van der Waals surface area (Å²) in [5.41, 5.74) is 3.21. The highest BCUT2D eigenvalue weighted by Crippen LogP contribution is 2.40. The molecule has 194 valence electrons. The lowest BCUT2D eigenvalue weighted by atomic mass is 10.0.